The number of fused-ring (bicyclic) bond motifs is 2. The molecule has 4 aromatic rings. The van der Waals surface area contributed by atoms with Gasteiger partial charge in [-0.25, -0.2) is 0 Å². The zero-order chi connectivity index (χ0) is 29.2. The predicted octanol–water partition coefficient (Wildman–Crippen LogP) is 6.76. The maximum absolute atomic E-state index is 9.47. The van der Waals surface area contributed by atoms with Gasteiger partial charge in [0.2, 0.25) is 0 Å². The van der Waals surface area contributed by atoms with Crippen molar-refractivity contribution in [3.05, 3.63) is 167 Å². The Morgan fingerprint density at radius 1 is 0.548 bits per heavy atom. The second kappa shape index (κ2) is 18.2. The summed E-state index contributed by atoms with van der Waals surface area (Å²) in [5.41, 5.74) is 8.44. The first-order valence-corrected chi connectivity index (χ1v) is 20.7. The Kier molecular flexibility index (Phi) is 13.6. The Balaban J connectivity index is 0.000000160. The first-order valence-electron chi connectivity index (χ1n) is 13.9. The molecule has 0 spiro atoms. The van der Waals surface area contributed by atoms with E-state index in [2.05, 4.69) is 128 Å². The molecule has 0 aromatic heterocycles. The van der Waals surface area contributed by atoms with Gasteiger partial charge in [0.1, 0.15) is 0 Å². The number of hydrogen-bond acceptors (Lipinski definition) is 2. The van der Waals surface area contributed by atoms with E-state index in [9.17, 15) is 9.59 Å². The van der Waals surface area contributed by atoms with E-state index < -0.39 is 46.7 Å². The molecule has 6 rings (SSSR count). The molecule has 206 valence electrons. The minimum atomic E-state index is -1.35. The van der Waals surface area contributed by atoms with Gasteiger partial charge < -0.3 is 0 Å². The van der Waals surface area contributed by atoms with Crippen LogP contribution in [0.25, 0.3) is 24.3 Å². The van der Waals surface area contributed by atoms with Crippen molar-refractivity contribution in [2.75, 3.05) is 0 Å². The molecule has 0 aliphatic heterocycles. The molecule has 6 heteroatoms. The van der Waals surface area contributed by atoms with E-state index in [1.165, 1.54) is 22.3 Å². The third-order valence-corrected chi connectivity index (χ3v) is 13.0. The summed E-state index contributed by atoms with van der Waals surface area (Å²) in [7, 11) is 0. The Bertz CT molecular complexity index is 1420. The van der Waals surface area contributed by atoms with Gasteiger partial charge in [0.15, 0.2) is 0 Å². The molecule has 0 saturated heterocycles. The minimum absolute atomic E-state index is 0.542. The van der Waals surface area contributed by atoms with E-state index in [0.717, 1.165) is 7.25 Å². The third-order valence-electron chi connectivity index (χ3n) is 6.62. The second-order valence-corrected chi connectivity index (χ2v) is 16.7. The van der Waals surface area contributed by atoms with Crippen LogP contribution in [0.1, 0.15) is 40.6 Å². The van der Waals surface area contributed by atoms with Crippen molar-refractivity contribution in [1.29, 1.82) is 0 Å². The van der Waals surface area contributed by atoms with Crippen molar-refractivity contribution in [3.63, 3.8) is 0 Å². The van der Waals surface area contributed by atoms with Gasteiger partial charge >= 0.3 is 178 Å². The summed E-state index contributed by atoms with van der Waals surface area (Å²) in [5.74, 6) is 0. The van der Waals surface area contributed by atoms with Crippen LogP contribution in [-0.2, 0) is 32.8 Å². The number of carbonyl (C=O) groups is 2. The fourth-order valence-electron chi connectivity index (χ4n) is 4.59. The number of amides is 2. The number of benzene rings is 4. The number of nitrogens with one attached hydrogen (secondary N) is 2. The molecule has 0 bridgehead atoms. The number of hydrogen-bond donors (Lipinski definition) is 2. The van der Waals surface area contributed by atoms with Gasteiger partial charge in [0.25, 0.3) is 0 Å². The second-order valence-electron chi connectivity index (χ2n) is 9.46. The van der Waals surface area contributed by atoms with Gasteiger partial charge in [-0.3, -0.25) is 0 Å². The van der Waals surface area contributed by atoms with Crippen LogP contribution in [0.15, 0.2) is 133 Å². The fraction of sp³-hybridized carbons (Fsp3) is 0.0556. The molecule has 2 aliphatic rings. The number of carbonyl (C=O) groups excluding carboxylic acids is 2. The van der Waals surface area contributed by atoms with Crippen LogP contribution in [0.5, 0.6) is 0 Å². The van der Waals surface area contributed by atoms with Crippen molar-refractivity contribution in [2.24, 2.45) is 0 Å². The monoisotopic (exact) mass is 730 g/mol. The molecule has 0 heterocycles. The molecule has 2 unspecified atom stereocenters. The van der Waals surface area contributed by atoms with Crippen LogP contribution in [-0.4, -0.2) is 36.3 Å². The van der Waals surface area contributed by atoms with Crippen molar-refractivity contribution in [2.45, 2.75) is 7.25 Å². The van der Waals surface area contributed by atoms with E-state index in [1.807, 2.05) is 36.4 Å². The molecule has 0 saturated carbocycles. The summed E-state index contributed by atoms with van der Waals surface area (Å²) in [6, 6.07) is 38.3. The van der Waals surface area contributed by atoms with Crippen molar-refractivity contribution < 1.29 is 32.8 Å². The van der Waals surface area contributed by atoms with E-state index >= 15 is 0 Å². The van der Waals surface area contributed by atoms with E-state index in [0.29, 0.717) is 12.8 Å². The van der Waals surface area contributed by atoms with Crippen LogP contribution in [0.3, 0.4) is 0 Å². The normalized spacial score (nSPS) is 15.4. The van der Waals surface area contributed by atoms with Gasteiger partial charge in [-0.1, -0.05) is 85.0 Å². The molecule has 2 atom stereocenters. The molecule has 2 amide bonds. The van der Waals surface area contributed by atoms with Crippen molar-refractivity contribution in [1.82, 2.24) is 6.61 Å². The Labute approximate surface area is 272 Å². The van der Waals surface area contributed by atoms with Gasteiger partial charge in [0.05, 0.1) is 0 Å². The van der Waals surface area contributed by atoms with Crippen molar-refractivity contribution in [3.8, 4) is 0 Å². The quantitative estimate of drug-likeness (QED) is 0.114. The summed E-state index contributed by atoms with van der Waals surface area (Å²) in [5, 5.41) is 0. The zero-order valence-corrected chi connectivity index (χ0v) is 29.8. The molecule has 2 aliphatic carbocycles. The maximum atomic E-state index is 9.47. The van der Waals surface area contributed by atoms with Crippen LogP contribution in [0.4, 0.5) is 0 Å². The summed E-state index contributed by atoms with van der Waals surface area (Å²) in [6.45, 7) is 0. The summed E-state index contributed by atoms with van der Waals surface area (Å²) in [6.07, 6.45) is 19.0. The molecular formula is C36H33InN2O2Zr. The topological polar surface area (TPSA) is 58.2 Å². The Morgan fingerprint density at radius 3 is 1.38 bits per heavy atom. The van der Waals surface area contributed by atoms with Gasteiger partial charge in [0, 0.05) is 0 Å². The van der Waals surface area contributed by atoms with Crippen LogP contribution < -0.4 is 6.61 Å². The SMILES string of the molecule is C(C=Cc1ccccc1)=Cc1ccccc1.C1=C[CH]([Zr][CH]2C=Cc3ccccc32)c2ccccc21.O=C[NH][InH][NH]C=O. The molecule has 4 aromatic carbocycles. The van der Waals surface area contributed by atoms with Crippen LogP contribution in [0, 0.1) is 0 Å². The third kappa shape index (κ3) is 10.1. The number of allylic oxidation sites excluding steroid dienone is 4. The summed E-state index contributed by atoms with van der Waals surface area (Å²) >= 11 is -1.89. The van der Waals surface area contributed by atoms with Crippen LogP contribution >= 0.6 is 0 Å². The molecular weight excluding hydrogens is 698 g/mol. The van der Waals surface area contributed by atoms with E-state index in [-0.39, 0.29) is 0 Å². The Hall–Kier alpha value is -3.47. The molecule has 0 radical (unpaired) electrons. The zero-order valence-electron chi connectivity index (χ0n) is 23.3. The van der Waals surface area contributed by atoms with Gasteiger partial charge in [-0.15, -0.1) is 0 Å². The fourth-order valence-corrected chi connectivity index (χ4v) is 9.54. The van der Waals surface area contributed by atoms with E-state index in [1.54, 1.807) is 11.1 Å². The first kappa shape index (κ1) is 31.5. The molecule has 42 heavy (non-hydrogen) atoms. The van der Waals surface area contributed by atoms with Crippen molar-refractivity contribution >= 4 is 60.6 Å². The molecule has 2 N–H and O–H groups in total. The van der Waals surface area contributed by atoms with E-state index in [4.69, 9.17) is 0 Å². The predicted molar refractivity (Wildman–Crippen MR) is 173 cm³/mol. The average molecular weight is 732 g/mol. The standard InChI is InChI=1S/C16H14.2C9H7.2CH3NO.In.Zr.H/c1-3-9-15(10-4-1)13-7-8-14-16-11-5-2-6-12-16;2*1-2-5-9-7-3-6-8(9)4-1;2*2-1-3;;;/h1-14H;2*1-7H;2*1H,(H2,2,3);;;/q;;;;;+2;;/p-2. The first-order chi connectivity index (χ1) is 20.8. The molecule has 0 fully saturated rings. The van der Waals surface area contributed by atoms with Gasteiger partial charge in [-0.05, 0) is 11.1 Å². The van der Waals surface area contributed by atoms with Crippen LogP contribution in [0.2, 0.25) is 0 Å². The Morgan fingerprint density at radius 2 is 0.952 bits per heavy atom. The average Bonchev–Trinajstić information content (AvgIpc) is 3.66. The van der Waals surface area contributed by atoms with Gasteiger partial charge in [-0.2, -0.15) is 0 Å². The summed E-state index contributed by atoms with van der Waals surface area (Å²) in [4.78, 5) is 18.9. The number of rotatable bonds is 9. The molecule has 4 nitrogen and oxygen atoms in total. The summed E-state index contributed by atoms with van der Waals surface area (Å²) < 4.78 is 6.35.